The molecule has 0 bridgehead atoms. The number of carbonyl (C=O) groups is 1. The van der Waals surface area contributed by atoms with E-state index in [1.165, 1.54) is 6.08 Å². The molecular formula is C21H30O14. The lowest BCUT2D eigenvalue weighted by atomic mass is 9.76. The molecule has 0 aromatic rings. The first kappa shape index (κ1) is 26.4. The number of cyclic esters (lactones) is 1. The van der Waals surface area contributed by atoms with Gasteiger partial charge >= 0.3 is 5.97 Å². The summed E-state index contributed by atoms with van der Waals surface area (Å²) in [7, 11) is 0. The molecule has 14 heteroatoms. The minimum atomic E-state index is -1.74. The first-order valence-electron chi connectivity index (χ1n) is 11.1. The molecule has 3 saturated heterocycles. The van der Waals surface area contributed by atoms with E-state index in [2.05, 4.69) is 6.58 Å². The summed E-state index contributed by atoms with van der Waals surface area (Å²) >= 11 is 0. The Morgan fingerprint density at radius 3 is 2.46 bits per heavy atom. The maximum atomic E-state index is 12.0. The Morgan fingerprint density at radius 1 is 1.03 bits per heavy atom. The van der Waals surface area contributed by atoms with Crippen molar-refractivity contribution >= 4 is 5.97 Å². The smallest absolute Gasteiger partial charge is 0.340 e. The van der Waals surface area contributed by atoms with E-state index in [0.717, 1.165) is 6.26 Å². The van der Waals surface area contributed by atoms with Crippen molar-refractivity contribution in [2.75, 3.05) is 19.8 Å². The molecule has 4 heterocycles. The van der Waals surface area contributed by atoms with E-state index in [9.17, 15) is 40.5 Å². The standard InChI is InChI=1S/C21H30O14/c1-2-8-18(31-5-9-17(28)30-4-3-21(8,9)29)35-20-16(27)14(25)13(24)11(34-20)7-33-19-15(26)12(23)10(22)6-32-19/h2,5,8,10-16,18-20,22-27,29H,1,3-4,6-7H2/t8-,10-,11+,12-,13+,14-,15+,16+,18-,19-,20-,21+/m0/s1. The van der Waals surface area contributed by atoms with Gasteiger partial charge in [-0.1, -0.05) is 6.08 Å². The molecule has 198 valence electrons. The Kier molecular flexibility index (Phi) is 7.80. The molecule has 4 aliphatic heterocycles. The van der Waals surface area contributed by atoms with Gasteiger partial charge in [-0.25, -0.2) is 4.79 Å². The van der Waals surface area contributed by atoms with Crippen LogP contribution in [-0.4, -0.2) is 129 Å². The van der Waals surface area contributed by atoms with Crippen LogP contribution in [0.5, 0.6) is 0 Å². The number of fused-ring (bicyclic) bond motifs is 1. The van der Waals surface area contributed by atoms with E-state index in [1.807, 2.05) is 0 Å². The van der Waals surface area contributed by atoms with Crippen molar-refractivity contribution in [2.24, 2.45) is 5.92 Å². The highest BCUT2D eigenvalue weighted by molar-refractivity contribution is 5.91. The molecule has 0 saturated carbocycles. The highest BCUT2D eigenvalue weighted by atomic mass is 16.8. The molecule has 4 rings (SSSR count). The van der Waals surface area contributed by atoms with Crippen molar-refractivity contribution in [1.82, 2.24) is 0 Å². The zero-order valence-electron chi connectivity index (χ0n) is 18.5. The van der Waals surface area contributed by atoms with Crippen LogP contribution in [0.25, 0.3) is 0 Å². The van der Waals surface area contributed by atoms with E-state index in [4.69, 9.17) is 28.4 Å². The lowest BCUT2D eigenvalue weighted by Gasteiger charge is -2.46. The van der Waals surface area contributed by atoms with Gasteiger partial charge in [-0.3, -0.25) is 0 Å². The quantitative estimate of drug-likeness (QED) is 0.135. The molecule has 35 heavy (non-hydrogen) atoms. The first-order chi connectivity index (χ1) is 16.6. The van der Waals surface area contributed by atoms with Gasteiger partial charge in [-0.15, -0.1) is 6.58 Å². The van der Waals surface area contributed by atoms with Crippen LogP contribution >= 0.6 is 0 Å². The summed E-state index contributed by atoms with van der Waals surface area (Å²) < 4.78 is 32.1. The summed E-state index contributed by atoms with van der Waals surface area (Å²) in [5, 5.41) is 71.5. The highest BCUT2D eigenvalue weighted by Gasteiger charge is 2.54. The van der Waals surface area contributed by atoms with Gasteiger partial charge in [0.2, 0.25) is 6.29 Å². The van der Waals surface area contributed by atoms with Gasteiger partial charge in [0, 0.05) is 6.42 Å². The van der Waals surface area contributed by atoms with Crippen molar-refractivity contribution in [3.05, 3.63) is 24.5 Å². The van der Waals surface area contributed by atoms with Gasteiger partial charge < -0.3 is 64.2 Å². The van der Waals surface area contributed by atoms with E-state index in [1.54, 1.807) is 0 Å². The van der Waals surface area contributed by atoms with Gasteiger partial charge in [0.25, 0.3) is 0 Å². The third-order valence-corrected chi connectivity index (χ3v) is 6.64. The molecule has 0 aliphatic carbocycles. The lowest BCUT2D eigenvalue weighted by molar-refractivity contribution is -0.352. The normalized spacial score (nSPS) is 48.3. The molecule has 0 unspecified atom stereocenters. The second kappa shape index (κ2) is 10.4. The number of aliphatic hydroxyl groups is 7. The average molecular weight is 506 g/mol. The van der Waals surface area contributed by atoms with Crippen LogP contribution in [0, 0.1) is 5.92 Å². The van der Waals surface area contributed by atoms with Crippen molar-refractivity contribution in [3.8, 4) is 0 Å². The molecule has 14 nitrogen and oxygen atoms in total. The minimum Gasteiger partial charge on any atom is -0.471 e. The van der Waals surface area contributed by atoms with Crippen LogP contribution < -0.4 is 0 Å². The molecule has 4 aliphatic rings. The number of rotatable bonds is 6. The van der Waals surface area contributed by atoms with E-state index in [0.29, 0.717) is 0 Å². The second-order valence-corrected chi connectivity index (χ2v) is 8.84. The average Bonchev–Trinajstić information content (AvgIpc) is 2.82. The molecule has 12 atom stereocenters. The molecule has 0 amide bonds. The zero-order chi connectivity index (χ0) is 25.5. The largest absolute Gasteiger partial charge is 0.471 e. The molecule has 3 fully saturated rings. The Balaban J connectivity index is 1.44. The van der Waals surface area contributed by atoms with Crippen molar-refractivity contribution in [2.45, 2.75) is 73.6 Å². The predicted octanol–water partition coefficient (Wildman–Crippen LogP) is -4.01. The maximum Gasteiger partial charge on any atom is 0.340 e. The first-order valence-corrected chi connectivity index (χ1v) is 11.1. The summed E-state index contributed by atoms with van der Waals surface area (Å²) in [5.74, 6) is -1.73. The molecule has 0 aromatic carbocycles. The van der Waals surface area contributed by atoms with Gasteiger partial charge in [0.15, 0.2) is 12.6 Å². The topological polar surface area (TPSA) is 214 Å². The third-order valence-electron chi connectivity index (χ3n) is 6.64. The van der Waals surface area contributed by atoms with Crippen molar-refractivity contribution < 1.29 is 69.0 Å². The van der Waals surface area contributed by atoms with Crippen LogP contribution in [-0.2, 0) is 33.2 Å². The summed E-state index contributed by atoms with van der Waals surface area (Å²) in [4.78, 5) is 12.0. The second-order valence-electron chi connectivity index (χ2n) is 8.84. The van der Waals surface area contributed by atoms with Gasteiger partial charge in [-0.05, 0) is 0 Å². The number of hydrogen-bond acceptors (Lipinski definition) is 14. The molecule has 0 radical (unpaired) electrons. The van der Waals surface area contributed by atoms with Crippen LogP contribution in [0.15, 0.2) is 24.5 Å². The summed E-state index contributed by atoms with van der Waals surface area (Å²) in [6.07, 6.45) is -12.7. The van der Waals surface area contributed by atoms with Gasteiger partial charge in [0.05, 0.1) is 32.0 Å². The third kappa shape index (κ3) is 4.84. The Labute approximate surface area is 199 Å². The summed E-state index contributed by atoms with van der Waals surface area (Å²) in [5.41, 5.74) is -1.82. The van der Waals surface area contributed by atoms with Crippen LogP contribution in [0.3, 0.4) is 0 Å². The predicted molar refractivity (Wildman–Crippen MR) is 109 cm³/mol. The number of hydrogen-bond donors (Lipinski definition) is 7. The minimum absolute atomic E-state index is 0.0423. The lowest BCUT2D eigenvalue weighted by Crippen LogP contribution is -2.62. The fourth-order valence-electron chi connectivity index (χ4n) is 4.47. The van der Waals surface area contributed by atoms with E-state index < -0.39 is 85.7 Å². The maximum absolute atomic E-state index is 12.0. The van der Waals surface area contributed by atoms with E-state index >= 15 is 0 Å². The van der Waals surface area contributed by atoms with E-state index in [-0.39, 0.29) is 25.2 Å². The fourth-order valence-corrected chi connectivity index (χ4v) is 4.47. The number of esters is 1. The summed E-state index contributed by atoms with van der Waals surface area (Å²) in [6.45, 7) is 2.84. The number of ether oxygens (including phenoxy) is 6. The molecule has 7 N–H and O–H groups in total. The summed E-state index contributed by atoms with van der Waals surface area (Å²) in [6, 6.07) is 0. The van der Waals surface area contributed by atoms with Crippen LogP contribution in [0.4, 0.5) is 0 Å². The van der Waals surface area contributed by atoms with Crippen LogP contribution in [0.1, 0.15) is 6.42 Å². The van der Waals surface area contributed by atoms with Crippen LogP contribution in [0.2, 0.25) is 0 Å². The molecule has 0 spiro atoms. The Bertz CT molecular complexity index is 820. The number of aliphatic hydroxyl groups excluding tert-OH is 6. The molecular weight excluding hydrogens is 476 g/mol. The van der Waals surface area contributed by atoms with Crippen molar-refractivity contribution in [1.29, 1.82) is 0 Å². The zero-order valence-corrected chi connectivity index (χ0v) is 18.5. The Hall–Kier alpha value is -1.69. The highest BCUT2D eigenvalue weighted by Crippen LogP contribution is 2.42. The monoisotopic (exact) mass is 506 g/mol. The van der Waals surface area contributed by atoms with Gasteiger partial charge in [0.1, 0.15) is 53.9 Å². The number of carbonyl (C=O) groups excluding carboxylic acids is 1. The van der Waals surface area contributed by atoms with Crippen molar-refractivity contribution in [3.63, 3.8) is 0 Å². The SMILES string of the molecule is C=C[C@H]1[C@H](O[C@@H]2O[C@H](CO[C@@H]3OC[C@H](O)[C@H](O)[C@H]3O)[C@@H](O)[C@H](O)[C@H]2O)OC=C2C(=O)OCC[C@]21O. The molecule has 0 aromatic heterocycles. The van der Waals surface area contributed by atoms with Gasteiger partial charge in [-0.2, -0.15) is 0 Å². The Morgan fingerprint density at radius 2 is 1.74 bits per heavy atom. The fraction of sp³-hybridized carbons (Fsp3) is 0.762.